The molecule has 0 unspecified atom stereocenters. The molecule has 1 aromatic heterocycles. The number of hydrogen-bond donors (Lipinski definition) is 0. The maximum absolute atomic E-state index is 11.5. The molecule has 0 bridgehead atoms. The topological polar surface area (TPSA) is 69.4 Å². The second-order valence-electron chi connectivity index (χ2n) is 3.75. The molecule has 5 nitrogen and oxygen atoms in total. The smallest absolute Gasteiger partial charge is 0.305 e. The Labute approximate surface area is 100 Å². The van der Waals surface area contributed by atoms with Crippen molar-refractivity contribution < 1.29 is 18.7 Å². The molecule has 94 valence electrons. The molecule has 0 aliphatic rings. The third kappa shape index (κ3) is 5.29. The Kier molecular flexibility index (Phi) is 5.99. The Hall–Kier alpha value is -1.65. The van der Waals surface area contributed by atoms with Crippen LogP contribution in [0.4, 0.5) is 0 Å². The van der Waals surface area contributed by atoms with Crippen LogP contribution in [0.25, 0.3) is 0 Å². The van der Waals surface area contributed by atoms with Crippen LogP contribution in [0.5, 0.6) is 0 Å². The van der Waals surface area contributed by atoms with Crippen LogP contribution in [0.15, 0.2) is 16.9 Å². The number of aromatic nitrogens is 1. The van der Waals surface area contributed by atoms with Gasteiger partial charge in [-0.2, -0.15) is 0 Å². The van der Waals surface area contributed by atoms with E-state index >= 15 is 0 Å². The Bertz CT molecular complexity index is 345. The average molecular weight is 239 g/mol. The van der Waals surface area contributed by atoms with Gasteiger partial charge in [0.25, 0.3) is 5.89 Å². The molecular formula is C12H17NO4. The fraction of sp³-hybridized carbons (Fsp3) is 0.583. The van der Waals surface area contributed by atoms with Gasteiger partial charge in [0, 0.05) is 12.8 Å². The van der Waals surface area contributed by atoms with Crippen LogP contribution in [0.1, 0.15) is 49.2 Å². The highest BCUT2D eigenvalue weighted by Gasteiger charge is 2.09. The van der Waals surface area contributed by atoms with E-state index in [4.69, 9.17) is 4.42 Å². The van der Waals surface area contributed by atoms with Crippen LogP contribution < -0.4 is 0 Å². The molecule has 0 aliphatic carbocycles. The van der Waals surface area contributed by atoms with Crippen LogP contribution in [0, 0.1) is 0 Å². The third-order valence-electron chi connectivity index (χ3n) is 2.43. The van der Waals surface area contributed by atoms with Crippen molar-refractivity contribution in [3.8, 4) is 0 Å². The number of unbranched alkanes of at least 4 members (excludes halogenated alkanes) is 3. The van der Waals surface area contributed by atoms with Crippen molar-refractivity contribution in [2.45, 2.75) is 38.5 Å². The van der Waals surface area contributed by atoms with E-state index in [1.807, 2.05) is 0 Å². The number of hydrogen-bond acceptors (Lipinski definition) is 5. The molecular weight excluding hydrogens is 222 g/mol. The van der Waals surface area contributed by atoms with Crippen molar-refractivity contribution in [3.05, 3.63) is 18.4 Å². The first kappa shape index (κ1) is 13.4. The number of rotatable bonds is 8. The molecule has 0 fully saturated rings. The molecule has 0 radical (unpaired) electrons. The van der Waals surface area contributed by atoms with Gasteiger partial charge in [-0.15, -0.1) is 0 Å². The van der Waals surface area contributed by atoms with Crippen LogP contribution in [-0.2, 0) is 9.53 Å². The first-order valence-electron chi connectivity index (χ1n) is 5.73. The average Bonchev–Trinajstić information content (AvgIpc) is 2.86. The number of oxazole rings is 1. The lowest BCUT2D eigenvalue weighted by molar-refractivity contribution is -0.140. The maximum atomic E-state index is 11.5. The first-order valence-corrected chi connectivity index (χ1v) is 5.73. The molecule has 0 saturated heterocycles. The van der Waals surface area contributed by atoms with E-state index in [0.717, 1.165) is 25.7 Å². The molecule has 1 heterocycles. The Balaban J connectivity index is 2.01. The number of Topliss-reactive ketones (excluding diaryl/α,β-unsaturated/α-hetero) is 1. The maximum Gasteiger partial charge on any atom is 0.305 e. The van der Waals surface area contributed by atoms with E-state index in [1.165, 1.54) is 19.6 Å². The van der Waals surface area contributed by atoms with Crippen LogP contribution in [0.3, 0.4) is 0 Å². The molecule has 0 saturated carbocycles. The highest BCUT2D eigenvalue weighted by Crippen LogP contribution is 2.09. The van der Waals surface area contributed by atoms with Crippen molar-refractivity contribution in [2.75, 3.05) is 7.11 Å². The van der Waals surface area contributed by atoms with Gasteiger partial charge in [-0.1, -0.05) is 12.8 Å². The predicted molar refractivity (Wildman–Crippen MR) is 60.6 cm³/mol. The summed E-state index contributed by atoms with van der Waals surface area (Å²) in [6, 6.07) is 0. The van der Waals surface area contributed by atoms with Crippen molar-refractivity contribution in [2.24, 2.45) is 0 Å². The summed E-state index contributed by atoms with van der Waals surface area (Å²) in [4.78, 5) is 26.1. The minimum Gasteiger partial charge on any atom is -0.469 e. The number of esters is 1. The standard InChI is InChI=1S/C12H17NO4/c1-16-11(15)7-5-3-2-4-6-10(14)12-13-8-9-17-12/h8-9H,2-7H2,1H3. The van der Waals surface area contributed by atoms with Gasteiger partial charge in [0.05, 0.1) is 13.3 Å². The Morgan fingerprint density at radius 1 is 1.24 bits per heavy atom. The van der Waals surface area contributed by atoms with E-state index in [-0.39, 0.29) is 17.6 Å². The quantitative estimate of drug-likeness (QED) is 0.395. The number of carbonyl (C=O) groups is 2. The molecule has 1 aromatic rings. The molecule has 0 aliphatic heterocycles. The fourth-order valence-corrected chi connectivity index (χ4v) is 1.48. The zero-order chi connectivity index (χ0) is 12.5. The summed E-state index contributed by atoms with van der Waals surface area (Å²) in [7, 11) is 1.39. The second-order valence-corrected chi connectivity index (χ2v) is 3.75. The number of carbonyl (C=O) groups excluding carboxylic acids is 2. The number of ether oxygens (including phenoxy) is 1. The van der Waals surface area contributed by atoms with E-state index < -0.39 is 0 Å². The highest BCUT2D eigenvalue weighted by atomic mass is 16.5. The van der Waals surface area contributed by atoms with Gasteiger partial charge in [-0.3, -0.25) is 9.59 Å². The summed E-state index contributed by atoms with van der Waals surface area (Å²) < 4.78 is 9.43. The normalized spacial score (nSPS) is 10.2. The van der Waals surface area contributed by atoms with Gasteiger partial charge < -0.3 is 9.15 Å². The zero-order valence-corrected chi connectivity index (χ0v) is 9.98. The molecule has 0 atom stereocenters. The highest BCUT2D eigenvalue weighted by molar-refractivity contribution is 5.91. The number of methoxy groups -OCH3 is 1. The van der Waals surface area contributed by atoms with Gasteiger partial charge in [0.1, 0.15) is 6.26 Å². The van der Waals surface area contributed by atoms with Crippen LogP contribution in [0.2, 0.25) is 0 Å². The van der Waals surface area contributed by atoms with Crippen LogP contribution >= 0.6 is 0 Å². The Morgan fingerprint density at radius 2 is 1.94 bits per heavy atom. The van der Waals surface area contributed by atoms with Gasteiger partial charge in [-0.25, -0.2) is 4.98 Å². The van der Waals surface area contributed by atoms with Gasteiger partial charge >= 0.3 is 5.97 Å². The van der Waals surface area contributed by atoms with E-state index in [2.05, 4.69) is 9.72 Å². The summed E-state index contributed by atoms with van der Waals surface area (Å²) in [6.07, 6.45) is 7.19. The SMILES string of the molecule is COC(=O)CCCCCCC(=O)c1ncco1. The van der Waals surface area contributed by atoms with E-state index in [0.29, 0.717) is 12.8 Å². The largest absolute Gasteiger partial charge is 0.469 e. The molecule has 0 aromatic carbocycles. The summed E-state index contributed by atoms with van der Waals surface area (Å²) in [5.41, 5.74) is 0. The summed E-state index contributed by atoms with van der Waals surface area (Å²) in [6.45, 7) is 0. The first-order chi connectivity index (χ1) is 8.24. The number of ketones is 1. The monoisotopic (exact) mass is 239 g/mol. The van der Waals surface area contributed by atoms with Crippen LogP contribution in [-0.4, -0.2) is 23.8 Å². The minimum absolute atomic E-state index is 0.0667. The van der Waals surface area contributed by atoms with Crippen molar-refractivity contribution in [1.82, 2.24) is 4.98 Å². The van der Waals surface area contributed by atoms with E-state index in [1.54, 1.807) is 0 Å². The predicted octanol–water partition coefficient (Wildman–Crippen LogP) is 2.37. The van der Waals surface area contributed by atoms with Crippen molar-refractivity contribution >= 4 is 11.8 Å². The molecule has 0 N–H and O–H groups in total. The summed E-state index contributed by atoms with van der Waals surface area (Å²) in [5.74, 6) is -0.0663. The van der Waals surface area contributed by atoms with Gasteiger partial charge in [0.15, 0.2) is 0 Å². The van der Waals surface area contributed by atoms with E-state index in [9.17, 15) is 9.59 Å². The minimum atomic E-state index is -0.180. The van der Waals surface area contributed by atoms with Crippen molar-refractivity contribution in [1.29, 1.82) is 0 Å². The molecule has 0 spiro atoms. The van der Waals surface area contributed by atoms with Crippen molar-refractivity contribution in [3.63, 3.8) is 0 Å². The summed E-state index contributed by atoms with van der Waals surface area (Å²) >= 11 is 0. The Morgan fingerprint density at radius 3 is 2.53 bits per heavy atom. The molecule has 1 rings (SSSR count). The molecule has 0 amide bonds. The zero-order valence-electron chi connectivity index (χ0n) is 9.98. The number of nitrogens with zero attached hydrogens (tertiary/aromatic N) is 1. The van der Waals surface area contributed by atoms with Gasteiger partial charge in [0.2, 0.25) is 5.78 Å². The van der Waals surface area contributed by atoms with Gasteiger partial charge in [-0.05, 0) is 12.8 Å². The lowest BCUT2D eigenvalue weighted by Crippen LogP contribution is -2.00. The lowest BCUT2D eigenvalue weighted by Gasteiger charge is -1.99. The fourth-order valence-electron chi connectivity index (χ4n) is 1.48. The molecule has 17 heavy (non-hydrogen) atoms. The summed E-state index contributed by atoms with van der Waals surface area (Å²) in [5, 5.41) is 0. The third-order valence-corrected chi connectivity index (χ3v) is 2.43. The second kappa shape index (κ2) is 7.60. The molecule has 5 heteroatoms. The lowest BCUT2D eigenvalue weighted by atomic mass is 10.1.